The van der Waals surface area contributed by atoms with Crippen LogP contribution in [0.25, 0.3) is 0 Å². The Labute approximate surface area is 98.3 Å². The lowest BCUT2D eigenvalue weighted by molar-refractivity contribution is -0.121. The summed E-state index contributed by atoms with van der Waals surface area (Å²) in [5, 5.41) is 11.7. The summed E-state index contributed by atoms with van der Waals surface area (Å²) in [6, 6.07) is 6.77. The van der Waals surface area contributed by atoms with Crippen molar-refractivity contribution in [3.05, 3.63) is 29.8 Å². The van der Waals surface area contributed by atoms with Crippen molar-refractivity contribution in [2.24, 2.45) is 5.16 Å². The minimum atomic E-state index is -0.171. The number of rotatable bonds is 2. The molecule has 1 aromatic carbocycles. The SMILES string of the molecule is C/C(=N\O)c1ccc(N2C(=O)CCC2=O)cc1. The number of carbonyl (C=O) groups is 2. The maximum absolute atomic E-state index is 11.5. The zero-order valence-electron chi connectivity index (χ0n) is 9.38. The Kier molecular flexibility index (Phi) is 2.91. The van der Waals surface area contributed by atoms with Gasteiger partial charge in [-0.1, -0.05) is 17.3 Å². The number of carbonyl (C=O) groups excluding carboxylic acids is 2. The lowest BCUT2D eigenvalue weighted by Crippen LogP contribution is -2.28. The van der Waals surface area contributed by atoms with E-state index < -0.39 is 0 Å². The first-order valence-corrected chi connectivity index (χ1v) is 5.28. The van der Waals surface area contributed by atoms with Crippen LogP contribution < -0.4 is 4.90 Å². The monoisotopic (exact) mass is 232 g/mol. The number of amides is 2. The summed E-state index contributed by atoms with van der Waals surface area (Å²) in [4.78, 5) is 24.2. The molecule has 0 aliphatic carbocycles. The average molecular weight is 232 g/mol. The normalized spacial score (nSPS) is 16.8. The van der Waals surface area contributed by atoms with Crippen LogP contribution in [0.3, 0.4) is 0 Å². The van der Waals surface area contributed by atoms with Gasteiger partial charge in [0.25, 0.3) is 0 Å². The molecule has 1 fully saturated rings. The Morgan fingerprint density at radius 1 is 1.18 bits per heavy atom. The average Bonchev–Trinajstić information content (AvgIpc) is 2.68. The molecule has 0 bridgehead atoms. The van der Waals surface area contributed by atoms with Crippen molar-refractivity contribution in [3.63, 3.8) is 0 Å². The third-order valence-corrected chi connectivity index (χ3v) is 2.74. The Balaban J connectivity index is 2.29. The van der Waals surface area contributed by atoms with E-state index in [1.807, 2.05) is 0 Å². The lowest BCUT2D eigenvalue weighted by atomic mass is 10.1. The van der Waals surface area contributed by atoms with Gasteiger partial charge in [-0.2, -0.15) is 0 Å². The van der Waals surface area contributed by atoms with Gasteiger partial charge in [-0.25, -0.2) is 0 Å². The van der Waals surface area contributed by atoms with Gasteiger partial charge in [0.2, 0.25) is 11.8 Å². The second-order valence-electron chi connectivity index (χ2n) is 3.86. The van der Waals surface area contributed by atoms with Crippen molar-refractivity contribution in [2.45, 2.75) is 19.8 Å². The van der Waals surface area contributed by atoms with Crippen molar-refractivity contribution in [1.29, 1.82) is 0 Å². The van der Waals surface area contributed by atoms with Gasteiger partial charge in [0.15, 0.2) is 0 Å². The summed E-state index contributed by atoms with van der Waals surface area (Å²) < 4.78 is 0. The van der Waals surface area contributed by atoms with Crippen molar-refractivity contribution in [3.8, 4) is 0 Å². The number of benzene rings is 1. The predicted molar refractivity (Wildman–Crippen MR) is 62.2 cm³/mol. The highest BCUT2D eigenvalue weighted by Gasteiger charge is 2.29. The zero-order valence-corrected chi connectivity index (χ0v) is 9.38. The minimum Gasteiger partial charge on any atom is -0.411 e. The molecule has 17 heavy (non-hydrogen) atoms. The maximum Gasteiger partial charge on any atom is 0.234 e. The van der Waals surface area contributed by atoms with Crippen molar-refractivity contribution < 1.29 is 14.8 Å². The van der Waals surface area contributed by atoms with Gasteiger partial charge in [-0.15, -0.1) is 0 Å². The summed E-state index contributed by atoms with van der Waals surface area (Å²) in [5.74, 6) is -0.342. The van der Waals surface area contributed by atoms with Gasteiger partial charge < -0.3 is 5.21 Å². The summed E-state index contributed by atoms with van der Waals surface area (Å²) in [6.45, 7) is 1.67. The van der Waals surface area contributed by atoms with Gasteiger partial charge in [0.1, 0.15) is 0 Å². The molecule has 1 aliphatic rings. The minimum absolute atomic E-state index is 0.171. The smallest absolute Gasteiger partial charge is 0.234 e. The zero-order chi connectivity index (χ0) is 12.4. The molecule has 1 aromatic rings. The topological polar surface area (TPSA) is 70.0 Å². The van der Waals surface area contributed by atoms with Gasteiger partial charge in [0.05, 0.1) is 11.4 Å². The van der Waals surface area contributed by atoms with Crippen LogP contribution >= 0.6 is 0 Å². The molecule has 0 atom stereocenters. The molecule has 88 valence electrons. The maximum atomic E-state index is 11.5. The van der Waals surface area contributed by atoms with E-state index in [0.717, 1.165) is 5.56 Å². The fourth-order valence-electron chi connectivity index (χ4n) is 1.77. The molecule has 0 unspecified atom stereocenters. The molecule has 2 rings (SSSR count). The van der Waals surface area contributed by atoms with Crippen LogP contribution in [0.15, 0.2) is 29.4 Å². The number of anilines is 1. The number of oxime groups is 1. The summed E-state index contributed by atoms with van der Waals surface area (Å²) in [6.07, 6.45) is 0.551. The number of hydrogen-bond donors (Lipinski definition) is 1. The Bertz CT molecular complexity index is 475. The van der Waals surface area contributed by atoms with E-state index in [-0.39, 0.29) is 24.7 Å². The van der Waals surface area contributed by atoms with E-state index in [1.54, 1.807) is 31.2 Å². The van der Waals surface area contributed by atoms with Gasteiger partial charge in [0, 0.05) is 12.8 Å². The van der Waals surface area contributed by atoms with Crippen LogP contribution in [0, 0.1) is 0 Å². The second-order valence-corrected chi connectivity index (χ2v) is 3.86. The summed E-state index contributed by atoms with van der Waals surface area (Å²) in [7, 11) is 0. The Morgan fingerprint density at radius 2 is 1.71 bits per heavy atom. The molecule has 0 saturated carbocycles. The highest BCUT2D eigenvalue weighted by atomic mass is 16.4. The molecule has 0 spiro atoms. The van der Waals surface area contributed by atoms with Gasteiger partial charge >= 0.3 is 0 Å². The number of nitrogens with zero attached hydrogens (tertiary/aromatic N) is 2. The molecule has 0 aromatic heterocycles. The second kappa shape index (κ2) is 4.37. The molecule has 1 N–H and O–H groups in total. The molecular weight excluding hydrogens is 220 g/mol. The fourth-order valence-corrected chi connectivity index (χ4v) is 1.77. The Morgan fingerprint density at radius 3 is 2.18 bits per heavy atom. The van der Waals surface area contributed by atoms with Crippen molar-refractivity contribution in [2.75, 3.05) is 4.90 Å². The summed E-state index contributed by atoms with van der Waals surface area (Å²) in [5.41, 5.74) is 1.79. The van der Waals surface area contributed by atoms with Crippen LogP contribution in [-0.4, -0.2) is 22.7 Å². The first kappa shape index (κ1) is 11.3. The number of hydrogen-bond acceptors (Lipinski definition) is 4. The first-order chi connectivity index (χ1) is 8.13. The number of imide groups is 1. The van der Waals surface area contributed by atoms with E-state index in [1.165, 1.54) is 4.90 Å². The molecular formula is C12H12N2O3. The molecule has 1 aliphatic heterocycles. The van der Waals surface area contributed by atoms with E-state index in [9.17, 15) is 9.59 Å². The molecule has 2 amide bonds. The van der Waals surface area contributed by atoms with Crippen LogP contribution in [0.4, 0.5) is 5.69 Å². The summed E-state index contributed by atoms with van der Waals surface area (Å²) >= 11 is 0. The van der Waals surface area contributed by atoms with Gasteiger partial charge in [-0.05, 0) is 24.6 Å². The lowest BCUT2D eigenvalue weighted by Gasteiger charge is -2.13. The van der Waals surface area contributed by atoms with Crippen LogP contribution in [0.5, 0.6) is 0 Å². The van der Waals surface area contributed by atoms with E-state index in [0.29, 0.717) is 11.4 Å². The van der Waals surface area contributed by atoms with Gasteiger partial charge in [-0.3, -0.25) is 14.5 Å². The van der Waals surface area contributed by atoms with Crippen LogP contribution in [0.2, 0.25) is 0 Å². The third-order valence-electron chi connectivity index (χ3n) is 2.74. The molecule has 1 saturated heterocycles. The van der Waals surface area contributed by atoms with Crippen LogP contribution in [0.1, 0.15) is 25.3 Å². The van der Waals surface area contributed by atoms with E-state index >= 15 is 0 Å². The van der Waals surface area contributed by atoms with E-state index in [4.69, 9.17) is 5.21 Å². The Hall–Kier alpha value is -2.17. The molecule has 5 nitrogen and oxygen atoms in total. The third kappa shape index (κ3) is 2.04. The molecule has 1 heterocycles. The van der Waals surface area contributed by atoms with Crippen molar-refractivity contribution >= 4 is 23.2 Å². The predicted octanol–water partition coefficient (Wildman–Crippen LogP) is 1.54. The highest BCUT2D eigenvalue weighted by molar-refractivity contribution is 6.19. The van der Waals surface area contributed by atoms with Crippen molar-refractivity contribution in [1.82, 2.24) is 0 Å². The molecule has 5 heteroatoms. The highest BCUT2D eigenvalue weighted by Crippen LogP contribution is 2.22. The quantitative estimate of drug-likeness (QED) is 0.364. The first-order valence-electron chi connectivity index (χ1n) is 5.28. The van der Waals surface area contributed by atoms with E-state index in [2.05, 4.69) is 5.16 Å². The standard InChI is InChI=1S/C12H12N2O3/c1-8(13-17)9-2-4-10(5-3-9)14-11(15)6-7-12(14)16/h2-5,17H,6-7H2,1H3/b13-8+. The fraction of sp³-hybridized carbons (Fsp3) is 0.250. The van der Waals surface area contributed by atoms with Crippen LogP contribution in [-0.2, 0) is 9.59 Å². The largest absolute Gasteiger partial charge is 0.411 e. The molecule has 0 radical (unpaired) electrons.